The first kappa shape index (κ1) is 13.7. The Labute approximate surface area is 124 Å². The summed E-state index contributed by atoms with van der Waals surface area (Å²) in [5.74, 6) is 1.20. The van der Waals surface area contributed by atoms with Crippen LogP contribution in [0.15, 0.2) is 48.5 Å². The first-order valence-electron chi connectivity index (χ1n) is 7.13. The van der Waals surface area contributed by atoms with Crippen LogP contribution in [-0.4, -0.2) is 13.6 Å². The lowest BCUT2D eigenvalue weighted by molar-refractivity contribution is -0.134. The van der Waals surface area contributed by atoms with Crippen LogP contribution < -0.4 is 4.74 Å². The fourth-order valence-corrected chi connectivity index (χ4v) is 3.18. The highest BCUT2D eigenvalue weighted by molar-refractivity contribution is 5.47. The molecule has 3 heteroatoms. The van der Waals surface area contributed by atoms with Gasteiger partial charge in [-0.15, -0.1) is 0 Å². The largest absolute Gasteiger partial charge is 0.496 e. The summed E-state index contributed by atoms with van der Waals surface area (Å²) >= 11 is 0. The molecule has 0 spiro atoms. The number of carbonyl (C=O) groups excluding carboxylic acids is 1. The highest BCUT2D eigenvalue weighted by Gasteiger charge is 2.30. The highest BCUT2D eigenvalue weighted by atomic mass is 16.5. The molecular formula is C18H18O3. The average molecular weight is 282 g/mol. The number of rotatable bonds is 4. The van der Waals surface area contributed by atoms with Crippen molar-refractivity contribution in [3.63, 3.8) is 0 Å². The Kier molecular flexibility index (Phi) is 3.91. The van der Waals surface area contributed by atoms with Crippen LogP contribution in [0.25, 0.3) is 0 Å². The molecule has 0 N–H and O–H groups in total. The van der Waals surface area contributed by atoms with Crippen LogP contribution in [0.3, 0.4) is 0 Å². The summed E-state index contributed by atoms with van der Waals surface area (Å²) in [6, 6.07) is 16.3. The van der Waals surface area contributed by atoms with E-state index in [1.54, 1.807) is 7.11 Å². The Morgan fingerprint density at radius 3 is 2.62 bits per heavy atom. The molecule has 1 aliphatic rings. The van der Waals surface area contributed by atoms with Crippen LogP contribution in [0.5, 0.6) is 5.75 Å². The summed E-state index contributed by atoms with van der Waals surface area (Å²) in [7, 11) is 1.68. The van der Waals surface area contributed by atoms with E-state index in [0.717, 1.165) is 29.7 Å². The molecule has 1 aliphatic carbocycles. The van der Waals surface area contributed by atoms with E-state index < -0.39 is 0 Å². The van der Waals surface area contributed by atoms with Crippen molar-refractivity contribution in [2.75, 3.05) is 7.11 Å². The first-order chi connectivity index (χ1) is 10.3. The number of hydrogen-bond acceptors (Lipinski definition) is 3. The highest BCUT2D eigenvalue weighted by Crippen LogP contribution is 2.43. The normalized spacial score (nSPS) is 20.4. The third-order valence-electron chi connectivity index (χ3n) is 4.18. The SMILES string of the molecule is COc1cccc2c1CC(c1ccccc1)CC2OC=O. The Balaban J connectivity index is 2.01. The number of hydrogen-bond donors (Lipinski definition) is 0. The van der Waals surface area contributed by atoms with Gasteiger partial charge in [0, 0.05) is 5.56 Å². The first-order valence-corrected chi connectivity index (χ1v) is 7.13. The van der Waals surface area contributed by atoms with E-state index in [1.165, 1.54) is 5.56 Å². The van der Waals surface area contributed by atoms with Crippen LogP contribution >= 0.6 is 0 Å². The molecule has 3 rings (SSSR count). The van der Waals surface area contributed by atoms with Crippen molar-refractivity contribution in [1.82, 2.24) is 0 Å². The molecule has 0 heterocycles. The van der Waals surface area contributed by atoms with E-state index in [-0.39, 0.29) is 6.10 Å². The molecule has 3 nitrogen and oxygen atoms in total. The van der Waals surface area contributed by atoms with Crippen molar-refractivity contribution < 1.29 is 14.3 Å². The Bertz CT molecular complexity index is 622. The summed E-state index contributed by atoms with van der Waals surface area (Å²) < 4.78 is 10.8. The Morgan fingerprint density at radius 1 is 1.10 bits per heavy atom. The van der Waals surface area contributed by atoms with Crippen LogP contribution in [0.4, 0.5) is 0 Å². The van der Waals surface area contributed by atoms with Gasteiger partial charge < -0.3 is 9.47 Å². The molecule has 0 radical (unpaired) electrons. The van der Waals surface area contributed by atoms with Crippen LogP contribution in [-0.2, 0) is 16.0 Å². The van der Waals surface area contributed by atoms with Crippen molar-refractivity contribution >= 4 is 6.47 Å². The summed E-state index contributed by atoms with van der Waals surface area (Å²) in [6.45, 7) is 0.543. The quantitative estimate of drug-likeness (QED) is 0.803. The van der Waals surface area contributed by atoms with E-state index in [1.807, 2.05) is 36.4 Å². The van der Waals surface area contributed by atoms with Gasteiger partial charge in [-0.25, -0.2) is 0 Å². The van der Waals surface area contributed by atoms with Gasteiger partial charge in [0.15, 0.2) is 0 Å². The summed E-state index contributed by atoms with van der Waals surface area (Å²) in [6.07, 6.45) is 1.51. The summed E-state index contributed by atoms with van der Waals surface area (Å²) in [5, 5.41) is 0. The number of benzene rings is 2. The number of ether oxygens (including phenoxy) is 2. The maximum atomic E-state index is 10.8. The second-order valence-corrected chi connectivity index (χ2v) is 5.30. The average Bonchev–Trinajstić information content (AvgIpc) is 2.55. The smallest absolute Gasteiger partial charge is 0.293 e. The van der Waals surface area contributed by atoms with Crippen LogP contribution in [0, 0.1) is 0 Å². The molecule has 0 aromatic heterocycles. The number of carbonyl (C=O) groups is 1. The lowest BCUT2D eigenvalue weighted by Gasteiger charge is -2.31. The molecule has 0 saturated carbocycles. The van der Waals surface area contributed by atoms with Gasteiger partial charge in [0.1, 0.15) is 11.9 Å². The zero-order valence-corrected chi connectivity index (χ0v) is 12.0. The minimum Gasteiger partial charge on any atom is -0.496 e. The van der Waals surface area contributed by atoms with E-state index in [4.69, 9.17) is 9.47 Å². The third kappa shape index (κ3) is 2.64. The number of methoxy groups -OCH3 is 1. The van der Waals surface area contributed by atoms with E-state index in [2.05, 4.69) is 12.1 Å². The fraction of sp³-hybridized carbons (Fsp3) is 0.278. The van der Waals surface area contributed by atoms with Crippen molar-refractivity contribution in [3.8, 4) is 5.75 Å². The van der Waals surface area contributed by atoms with Gasteiger partial charge in [-0.1, -0.05) is 42.5 Å². The topological polar surface area (TPSA) is 35.5 Å². The monoisotopic (exact) mass is 282 g/mol. The zero-order chi connectivity index (χ0) is 14.7. The van der Waals surface area contributed by atoms with Gasteiger partial charge in [0.2, 0.25) is 0 Å². The minimum atomic E-state index is -0.202. The lowest BCUT2D eigenvalue weighted by atomic mass is 9.78. The molecule has 2 atom stereocenters. The molecule has 0 aliphatic heterocycles. The lowest BCUT2D eigenvalue weighted by Crippen LogP contribution is -2.20. The molecule has 0 saturated heterocycles. The van der Waals surface area contributed by atoms with Gasteiger partial charge in [-0.3, -0.25) is 4.79 Å². The van der Waals surface area contributed by atoms with E-state index >= 15 is 0 Å². The second-order valence-electron chi connectivity index (χ2n) is 5.30. The molecule has 2 aromatic rings. The third-order valence-corrected chi connectivity index (χ3v) is 4.18. The van der Waals surface area contributed by atoms with Gasteiger partial charge in [0.05, 0.1) is 7.11 Å². The zero-order valence-electron chi connectivity index (χ0n) is 12.0. The van der Waals surface area contributed by atoms with Crippen molar-refractivity contribution in [3.05, 3.63) is 65.2 Å². The minimum absolute atomic E-state index is 0.202. The van der Waals surface area contributed by atoms with Crippen molar-refractivity contribution in [1.29, 1.82) is 0 Å². The standard InChI is InChI=1S/C18H18O3/c1-20-17-9-5-8-15-16(17)10-14(11-18(15)21-12-19)13-6-3-2-4-7-13/h2-9,12,14,18H,10-11H2,1H3. The molecule has 0 amide bonds. The van der Waals surface area contributed by atoms with E-state index in [0.29, 0.717) is 12.4 Å². The molecule has 2 unspecified atom stereocenters. The van der Waals surface area contributed by atoms with Crippen LogP contribution in [0.2, 0.25) is 0 Å². The summed E-state index contributed by atoms with van der Waals surface area (Å²) in [4.78, 5) is 10.8. The molecule has 21 heavy (non-hydrogen) atoms. The molecule has 0 fully saturated rings. The number of fused-ring (bicyclic) bond motifs is 1. The van der Waals surface area contributed by atoms with Gasteiger partial charge in [-0.05, 0) is 36.0 Å². The van der Waals surface area contributed by atoms with Gasteiger partial charge in [0.25, 0.3) is 6.47 Å². The predicted molar refractivity (Wildman–Crippen MR) is 80.4 cm³/mol. The van der Waals surface area contributed by atoms with Gasteiger partial charge >= 0.3 is 0 Å². The Morgan fingerprint density at radius 2 is 1.90 bits per heavy atom. The molecule has 0 bridgehead atoms. The van der Waals surface area contributed by atoms with Gasteiger partial charge in [-0.2, -0.15) is 0 Å². The maximum absolute atomic E-state index is 10.8. The summed E-state index contributed by atoms with van der Waals surface area (Å²) in [5.41, 5.74) is 3.48. The second kappa shape index (κ2) is 6.00. The van der Waals surface area contributed by atoms with E-state index in [9.17, 15) is 4.79 Å². The van der Waals surface area contributed by atoms with Crippen molar-refractivity contribution in [2.45, 2.75) is 24.9 Å². The fourth-order valence-electron chi connectivity index (χ4n) is 3.18. The molecule has 2 aromatic carbocycles. The maximum Gasteiger partial charge on any atom is 0.293 e. The predicted octanol–water partition coefficient (Wildman–Crippen LogP) is 3.64. The Hall–Kier alpha value is -2.29. The van der Waals surface area contributed by atoms with Crippen molar-refractivity contribution in [2.24, 2.45) is 0 Å². The van der Waals surface area contributed by atoms with Crippen LogP contribution in [0.1, 0.15) is 35.1 Å². The molecule has 108 valence electrons. The molecular weight excluding hydrogens is 264 g/mol.